The van der Waals surface area contributed by atoms with Crippen LogP contribution in [0.25, 0.3) is 0 Å². The first-order chi connectivity index (χ1) is 7.70. The number of carbonyl (C=O) groups excluding carboxylic acids is 1. The summed E-state index contributed by atoms with van der Waals surface area (Å²) >= 11 is 0. The lowest BCUT2D eigenvalue weighted by Gasteiger charge is -2.36. The molecule has 1 heterocycles. The standard InChI is InChI=1S/C11H22N2O3/c1-3-9-8-16-7-5-13(9)11(14)10(12)4-6-15-2/h9-10H,3-8,12H2,1-2H3. The third-order valence-corrected chi connectivity index (χ3v) is 2.93. The molecule has 1 amide bonds. The van der Waals surface area contributed by atoms with Crippen LogP contribution in [0.15, 0.2) is 0 Å². The van der Waals surface area contributed by atoms with E-state index < -0.39 is 6.04 Å². The van der Waals surface area contributed by atoms with E-state index in [1.165, 1.54) is 0 Å². The zero-order chi connectivity index (χ0) is 12.0. The number of carbonyl (C=O) groups is 1. The summed E-state index contributed by atoms with van der Waals surface area (Å²) in [6.45, 7) is 4.46. The number of nitrogens with two attached hydrogens (primary N) is 1. The van der Waals surface area contributed by atoms with Gasteiger partial charge in [0.15, 0.2) is 0 Å². The Kier molecular flexibility index (Phi) is 5.73. The number of amides is 1. The van der Waals surface area contributed by atoms with E-state index in [0.717, 1.165) is 6.42 Å². The first-order valence-electron chi connectivity index (χ1n) is 5.83. The highest BCUT2D eigenvalue weighted by molar-refractivity contribution is 5.82. The smallest absolute Gasteiger partial charge is 0.239 e. The molecule has 2 unspecified atom stereocenters. The van der Waals surface area contributed by atoms with Gasteiger partial charge in [0.05, 0.1) is 25.3 Å². The van der Waals surface area contributed by atoms with Crippen LogP contribution in [0.2, 0.25) is 0 Å². The number of morpholine rings is 1. The molecule has 1 aliphatic heterocycles. The number of hydrogen-bond acceptors (Lipinski definition) is 4. The summed E-state index contributed by atoms with van der Waals surface area (Å²) < 4.78 is 10.3. The van der Waals surface area contributed by atoms with E-state index in [4.69, 9.17) is 15.2 Å². The first kappa shape index (κ1) is 13.4. The maximum Gasteiger partial charge on any atom is 0.239 e. The molecule has 0 radical (unpaired) electrons. The number of nitrogens with zero attached hydrogens (tertiary/aromatic N) is 1. The van der Waals surface area contributed by atoms with Crippen LogP contribution in [0, 0.1) is 0 Å². The van der Waals surface area contributed by atoms with Crippen LogP contribution >= 0.6 is 0 Å². The quantitative estimate of drug-likeness (QED) is 0.721. The zero-order valence-electron chi connectivity index (χ0n) is 10.1. The second-order valence-corrected chi connectivity index (χ2v) is 4.06. The molecule has 1 fully saturated rings. The highest BCUT2D eigenvalue weighted by atomic mass is 16.5. The molecular formula is C11H22N2O3. The van der Waals surface area contributed by atoms with E-state index in [0.29, 0.717) is 32.8 Å². The van der Waals surface area contributed by atoms with Gasteiger partial charge in [-0.05, 0) is 12.8 Å². The molecule has 0 aromatic carbocycles. The molecule has 1 saturated heterocycles. The van der Waals surface area contributed by atoms with E-state index in [1.54, 1.807) is 7.11 Å². The molecule has 0 aromatic rings. The van der Waals surface area contributed by atoms with E-state index in [9.17, 15) is 4.79 Å². The molecule has 2 N–H and O–H groups in total. The van der Waals surface area contributed by atoms with Crippen LogP contribution in [-0.2, 0) is 14.3 Å². The van der Waals surface area contributed by atoms with E-state index in [1.807, 2.05) is 4.90 Å². The zero-order valence-corrected chi connectivity index (χ0v) is 10.1. The third kappa shape index (κ3) is 3.43. The van der Waals surface area contributed by atoms with Crippen molar-refractivity contribution in [3.05, 3.63) is 0 Å². The molecule has 0 bridgehead atoms. The summed E-state index contributed by atoms with van der Waals surface area (Å²) in [6, 6.07) is -0.276. The average molecular weight is 230 g/mol. The summed E-state index contributed by atoms with van der Waals surface area (Å²) in [5, 5.41) is 0. The maximum atomic E-state index is 12.1. The van der Waals surface area contributed by atoms with E-state index in [2.05, 4.69) is 6.92 Å². The molecule has 0 aromatic heterocycles. The lowest BCUT2D eigenvalue weighted by atomic mass is 10.1. The molecule has 2 atom stereocenters. The van der Waals surface area contributed by atoms with Gasteiger partial charge in [-0.2, -0.15) is 0 Å². The van der Waals surface area contributed by atoms with Crippen molar-refractivity contribution >= 4 is 5.91 Å². The Labute approximate surface area is 96.9 Å². The first-order valence-corrected chi connectivity index (χ1v) is 5.83. The molecule has 5 nitrogen and oxygen atoms in total. The average Bonchev–Trinajstić information content (AvgIpc) is 2.34. The molecule has 0 spiro atoms. The molecular weight excluding hydrogens is 208 g/mol. The van der Waals surface area contributed by atoms with Crippen LogP contribution in [-0.4, -0.2) is 56.4 Å². The summed E-state index contributed by atoms with van der Waals surface area (Å²) in [7, 11) is 1.61. The summed E-state index contributed by atoms with van der Waals surface area (Å²) in [4.78, 5) is 13.9. The Balaban J connectivity index is 2.49. The largest absolute Gasteiger partial charge is 0.385 e. The SMILES string of the molecule is CCC1COCCN1C(=O)C(N)CCOC. The molecule has 1 rings (SSSR count). The van der Waals surface area contributed by atoms with Crippen molar-refractivity contribution in [3.63, 3.8) is 0 Å². The fraction of sp³-hybridized carbons (Fsp3) is 0.909. The van der Waals surface area contributed by atoms with Gasteiger partial charge in [0, 0.05) is 20.3 Å². The Bertz CT molecular complexity index is 223. The number of rotatable bonds is 5. The van der Waals surface area contributed by atoms with Crippen molar-refractivity contribution in [2.75, 3.05) is 33.5 Å². The fourth-order valence-corrected chi connectivity index (χ4v) is 1.86. The lowest BCUT2D eigenvalue weighted by Crippen LogP contribution is -2.54. The number of methoxy groups -OCH3 is 1. The van der Waals surface area contributed by atoms with Crippen LogP contribution in [0.4, 0.5) is 0 Å². The summed E-state index contributed by atoms with van der Waals surface area (Å²) in [6.07, 6.45) is 1.48. The van der Waals surface area contributed by atoms with Crippen molar-refractivity contribution in [3.8, 4) is 0 Å². The van der Waals surface area contributed by atoms with Gasteiger partial charge in [0.25, 0.3) is 0 Å². The lowest BCUT2D eigenvalue weighted by molar-refractivity contribution is -0.141. The monoisotopic (exact) mass is 230 g/mol. The fourth-order valence-electron chi connectivity index (χ4n) is 1.86. The van der Waals surface area contributed by atoms with E-state index >= 15 is 0 Å². The third-order valence-electron chi connectivity index (χ3n) is 2.93. The Morgan fingerprint density at radius 2 is 2.44 bits per heavy atom. The minimum absolute atomic E-state index is 0.0206. The van der Waals surface area contributed by atoms with E-state index in [-0.39, 0.29) is 11.9 Å². The van der Waals surface area contributed by atoms with Crippen molar-refractivity contribution < 1.29 is 14.3 Å². The molecule has 94 valence electrons. The molecule has 16 heavy (non-hydrogen) atoms. The predicted octanol–water partition coefficient (Wildman–Crippen LogP) is -0.0124. The highest BCUT2D eigenvalue weighted by Gasteiger charge is 2.28. The topological polar surface area (TPSA) is 64.8 Å². The van der Waals surface area contributed by atoms with Gasteiger partial charge >= 0.3 is 0 Å². The predicted molar refractivity (Wildman–Crippen MR) is 61.1 cm³/mol. The Morgan fingerprint density at radius 1 is 1.69 bits per heavy atom. The second-order valence-electron chi connectivity index (χ2n) is 4.06. The van der Waals surface area contributed by atoms with Gasteiger partial charge in [0.2, 0.25) is 5.91 Å². The van der Waals surface area contributed by atoms with Crippen LogP contribution in [0.5, 0.6) is 0 Å². The van der Waals surface area contributed by atoms with Gasteiger partial charge < -0.3 is 20.1 Å². The van der Waals surface area contributed by atoms with Gasteiger partial charge in [-0.1, -0.05) is 6.92 Å². The van der Waals surface area contributed by atoms with Crippen molar-refractivity contribution in [1.29, 1.82) is 0 Å². The van der Waals surface area contributed by atoms with Gasteiger partial charge in [-0.25, -0.2) is 0 Å². The second kappa shape index (κ2) is 6.83. The minimum Gasteiger partial charge on any atom is -0.385 e. The van der Waals surface area contributed by atoms with Crippen LogP contribution in [0.1, 0.15) is 19.8 Å². The number of hydrogen-bond donors (Lipinski definition) is 1. The van der Waals surface area contributed by atoms with Crippen LogP contribution in [0.3, 0.4) is 0 Å². The normalized spacial score (nSPS) is 23.2. The van der Waals surface area contributed by atoms with Crippen molar-refractivity contribution in [2.24, 2.45) is 5.73 Å². The molecule has 5 heteroatoms. The van der Waals surface area contributed by atoms with Gasteiger partial charge in [0.1, 0.15) is 0 Å². The number of ether oxygens (including phenoxy) is 2. The maximum absolute atomic E-state index is 12.1. The van der Waals surface area contributed by atoms with Gasteiger partial charge in [-0.3, -0.25) is 4.79 Å². The molecule has 0 aliphatic carbocycles. The summed E-state index contributed by atoms with van der Waals surface area (Å²) in [5.41, 5.74) is 5.84. The molecule has 1 aliphatic rings. The van der Waals surface area contributed by atoms with Crippen molar-refractivity contribution in [2.45, 2.75) is 31.8 Å². The Morgan fingerprint density at radius 3 is 3.06 bits per heavy atom. The molecule has 0 saturated carbocycles. The van der Waals surface area contributed by atoms with Crippen LogP contribution < -0.4 is 5.73 Å². The summed E-state index contributed by atoms with van der Waals surface area (Å²) in [5.74, 6) is 0.0206. The Hall–Kier alpha value is -0.650. The minimum atomic E-state index is -0.452. The van der Waals surface area contributed by atoms with Gasteiger partial charge in [-0.15, -0.1) is 0 Å². The highest BCUT2D eigenvalue weighted by Crippen LogP contribution is 2.12. The van der Waals surface area contributed by atoms with Crippen molar-refractivity contribution in [1.82, 2.24) is 4.90 Å².